The Hall–Kier alpha value is -2.92. The van der Waals surface area contributed by atoms with Gasteiger partial charge in [0, 0.05) is 22.6 Å². The molecule has 3 aromatic carbocycles. The number of allylic oxidation sites excluding steroid dienone is 1. The van der Waals surface area contributed by atoms with Crippen molar-refractivity contribution in [2.75, 3.05) is 6.61 Å². The van der Waals surface area contributed by atoms with Gasteiger partial charge in [0.25, 0.3) is 0 Å². The molecule has 0 spiro atoms. The summed E-state index contributed by atoms with van der Waals surface area (Å²) in [7, 11) is 0. The highest BCUT2D eigenvalue weighted by Gasteiger charge is 2.26. The van der Waals surface area contributed by atoms with Gasteiger partial charge in [0.2, 0.25) is 0 Å². The third-order valence-corrected chi connectivity index (χ3v) is 7.45. The van der Waals surface area contributed by atoms with Crippen molar-refractivity contribution < 1.29 is 22.3 Å². The summed E-state index contributed by atoms with van der Waals surface area (Å²) in [5.41, 5.74) is 1.81. The molecule has 5 heteroatoms. The predicted octanol–water partition coefficient (Wildman–Crippen LogP) is 10.1. The molecular weight excluding hydrogens is 488 g/mol. The molecule has 1 fully saturated rings. The van der Waals surface area contributed by atoms with Gasteiger partial charge in [-0.05, 0) is 49.3 Å². The largest absolute Gasteiger partial charge is 0.373 e. The minimum Gasteiger partial charge on any atom is -0.373 e. The summed E-state index contributed by atoms with van der Waals surface area (Å²) in [4.78, 5) is 0. The number of halogens is 4. The van der Waals surface area contributed by atoms with Gasteiger partial charge in [-0.1, -0.05) is 93.3 Å². The van der Waals surface area contributed by atoms with Crippen LogP contribution in [0.3, 0.4) is 0 Å². The van der Waals surface area contributed by atoms with Crippen LogP contribution in [0.2, 0.25) is 0 Å². The highest BCUT2D eigenvalue weighted by atomic mass is 19.2. The van der Waals surface area contributed by atoms with Crippen LogP contribution in [0.1, 0.15) is 76.0 Å². The molecule has 0 aromatic heterocycles. The highest BCUT2D eigenvalue weighted by Crippen LogP contribution is 2.36. The highest BCUT2D eigenvalue weighted by molar-refractivity contribution is 5.71. The van der Waals surface area contributed by atoms with E-state index >= 15 is 8.78 Å². The Labute approximate surface area is 223 Å². The van der Waals surface area contributed by atoms with E-state index in [0.29, 0.717) is 42.1 Å². The molecule has 38 heavy (non-hydrogen) atoms. The lowest BCUT2D eigenvalue weighted by Crippen LogP contribution is -2.20. The maximum absolute atomic E-state index is 15.1. The third kappa shape index (κ3) is 6.37. The van der Waals surface area contributed by atoms with Crippen LogP contribution < -0.4 is 0 Å². The Morgan fingerprint density at radius 2 is 1.37 bits per heavy atom. The van der Waals surface area contributed by atoms with Crippen molar-refractivity contribution in [3.8, 4) is 22.3 Å². The Morgan fingerprint density at radius 1 is 0.737 bits per heavy atom. The van der Waals surface area contributed by atoms with E-state index in [0.717, 1.165) is 38.5 Å². The summed E-state index contributed by atoms with van der Waals surface area (Å²) in [5.74, 6) is -3.23. The Bertz CT molecular complexity index is 1240. The summed E-state index contributed by atoms with van der Waals surface area (Å²) in [6, 6.07) is 12.8. The molecule has 1 nitrogen and oxygen atoms in total. The average Bonchev–Trinajstić information content (AvgIpc) is 2.93. The second-order valence-corrected chi connectivity index (χ2v) is 10.2. The van der Waals surface area contributed by atoms with Gasteiger partial charge in [-0.15, -0.1) is 0 Å². The SMILES string of the molecule is CC=CC1CCC(c2ccc(-c3ccc(-c4ccc(CCCCCCC)c(F)c4F)cc3)c(F)c2F)OC1. The molecule has 2 atom stereocenters. The molecule has 1 aliphatic rings. The van der Waals surface area contributed by atoms with Gasteiger partial charge in [0.15, 0.2) is 23.3 Å². The maximum Gasteiger partial charge on any atom is 0.167 e. The molecule has 0 N–H and O–H groups in total. The Balaban J connectivity index is 1.48. The summed E-state index contributed by atoms with van der Waals surface area (Å²) < 4.78 is 65.6. The third-order valence-electron chi connectivity index (χ3n) is 7.45. The van der Waals surface area contributed by atoms with Crippen molar-refractivity contribution in [1.29, 1.82) is 0 Å². The molecule has 0 saturated carbocycles. The molecule has 0 aliphatic carbocycles. The van der Waals surface area contributed by atoms with Gasteiger partial charge < -0.3 is 4.74 Å². The van der Waals surface area contributed by atoms with Crippen molar-refractivity contribution in [3.63, 3.8) is 0 Å². The minimum atomic E-state index is -0.935. The van der Waals surface area contributed by atoms with Crippen molar-refractivity contribution >= 4 is 0 Å². The molecule has 202 valence electrons. The van der Waals surface area contributed by atoms with E-state index in [1.165, 1.54) is 0 Å². The first kappa shape index (κ1) is 28.1. The zero-order valence-electron chi connectivity index (χ0n) is 22.2. The van der Waals surface area contributed by atoms with Gasteiger partial charge >= 0.3 is 0 Å². The molecule has 1 heterocycles. The summed E-state index contributed by atoms with van der Waals surface area (Å²) in [5, 5.41) is 0. The van der Waals surface area contributed by atoms with Crippen molar-refractivity contribution in [1.82, 2.24) is 0 Å². The van der Waals surface area contributed by atoms with Gasteiger partial charge in [-0.25, -0.2) is 17.6 Å². The topological polar surface area (TPSA) is 9.23 Å². The van der Waals surface area contributed by atoms with Crippen molar-refractivity contribution in [2.24, 2.45) is 5.92 Å². The van der Waals surface area contributed by atoms with E-state index in [1.807, 2.05) is 13.0 Å². The fourth-order valence-corrected chi connectivity index (χ4v) is 5.23. The standard InChI is InChI=1S/C33H36F4O/c1-3-5-6-7-8-10-25-16-17-26(31(35)30(25)34)23-12-14-24(15-13-23)27-18-19-28(33(37)32(27)36)29-20-11-22(9-4-2)21-38-29/h4,9,12-19,22,29H,3,5-8,10-11,20-21H2,1-2H3. The van der Waals surface area contributed by atoms with E-state index in [9.17, 15) is 8.78 Å². The molecule has 3 aromatic rings. The smallest absolute Gasteiger partial charge is 0.167 e. The zero-order chi connectivity index (χ0) is 27.1. The number of aryl methyl sites for hydroxylation is 1. The first-order valence-electron chi connectivity index (χ1n) is 13.7. The van der Waals surface area contributed by atoms with E-state index in [2.05, 4.69) is 13.0 Å². The Morgan fingerprint density at radius 3 is 1.97 bits per heavy atom. The lowest BCUT2D eigenvalue weighted by molar-refractivity contribution is -0.00743. The van der Waals surface area contributed by atoms with E-state index in [4.69, 9.17) is 4.74 Å². The number of ether oxygens (including phenoxy) is 1. The lowest BCUT2D eigenvalue weighted by Gasteiger charge is -2.28. The first-order chi connectivity index (χ1) is 18.4. The first-order valence-corrected chi connectivity index (χ1v) is 13.7. The number of benzene rings is 3. The van der Waals surface area contributed by atoms with Gasteiger partial charge in [0.05, 0.1) is 12.7 Å². The molecule has 0 amide bonds. The molecule has 1 saturated heterocycles. The predicted molar refractivity (Wildman–Crippen MR) is 146 cm³/mol. The average molecular weight is 525 g/mol. The fraction of sp³-hybridized carbons (Fsp3) is 0.394. The van der Waals surface area contributed by atoms with Crippen LogP contribution in [-0.4, -0.2) is 6.61 Å². The monoisotopic (exact) mass is 524 g/mol. The molecule has 0 bridgehead atoms. The summed E-state index contributed by atoms with van der Waals surface area (Å²) >= 11 is 0. The molecular formula is C33H36F4O. The second-order valence-electron chi connectivity index (χ2n) is 10.2. The van der Waals surface area contributed by atoms with Gasteiger partial charge in [-0.3, -0.25) is 0 Å². The lowest BCUT2D eigenvalue weighted by atomic mass is 9.92. The normalized spacial score (nSPS) is 17.8. The molecule has 4 rings (SSSR count). The summed E-state index contributed by atoms with van der Waals surface area (Å²) in [6.45, 7) is 4.57. The number of unbranched alkanes of at least 4 members (excludes halogenated alkanes) is 4. The Kier molecular flexibility index (Phi) is 9.79. The molecule has 0 radical (unpaired) electrons. The van der Waals surface area contributed by atoms with E-state index in [-0.39, 0.29) is 16.7 Å². The van der Waals surface area contributed by atoms with Crippen LogP contribution >= 0.6 is 0 Å². The maximum atomic E-state index is 15.1. The number of rotatable bonds is 10. The van der Waals surface area contributed by atoms with Crippen LogP contribution in [-0.2, 0) is 11.2 Å². The second kappa shape index (κ2) is 13.2. The van der Waals surface area contributed by atoms with Crippen molar-refractivity contribution in [3.05, 3.63) is 95.1 Å². The van der Waals surface area contributed by atoms with Crippen LogP contribution in [0, 0.1) is 29.2 Å². The quantitative estimate of drug-likeness (QED) is 0.146. The zero-order valence-corrected chi connectivity index (χ0v) is 22.2. The fourth-order valence-electron chi connectivity index (χ4n) is 5.23. The van der Waals surface area contributed by atoms with Crippen LogP contribution in [0.5, 0.6) is 0 Å². The van der Waals surface area contributed by atoms with Crippen LogP contribution in [0.4, 0.5) is 17.6 Å². The summed E-state index contributed by atoms with van der Waals surface area (Å²) in [6.07, 6.45) is 10.8. The minimum absolute atomic E-state index is 0.116. The van der Waals surface area contributed by atoms with E-state index in [1.54, 1.807) is 48.5 Å². The molecule has 2 unspecified atom stereocenters. The van der Waals surface area contributed by atoms with Crippen LogP contribution in [0.25, 0.3) is 22.3 Å². The molecule has 1 aliphatic heterocycles. The van der Waals surface area contributed by atoms with E-state index < -0.39 is 29.4 Å². The van der Waals surface area contributed by atoms with Gasteiger partial charge in [-0.2, -0.15) is 0 Å². The van der Waals surface area contributed by atoms with Crippen LogP contribution in [0.15, 0.2) is 60.7 Å². The number of hydrogen-bond donors (Lipinski definition) is 0. The van der Waals surface area contributed by atoms with Crippen molar-refractivity contribution in [2.45, 2.75) is 71.3 Å². The number of hydrogen-bond acceptors (Lipinski definition) is 1. The van der Waals surface area contributed by atoms with Gasteiger partial charge in [0.1, 0.15) is 0 Å².